The SMILES string of the molecule is CC(OCC(=O)N1CCCC(NC(=O)c2ccc(OC3CCC3)cc2)C1)c1nccn1C. The number of aryl methyl sites for hydroxylation is 1. The molecule has 2 fully saturated rings. The van der Waals surface area contributed by atoms with Gasteiger partial charge in [0.2, 0.25) is 5.91 Å². The molecule has 2 unspecified atom stereocenters. The number of carbonyl (C=O) groups is 2. The summed E-state index contributed by atoms with van der Waals surface area (Å²) in [7, 11) is 1.90. The van der Waals surface area contributed by atoms with Crippen molar-refractivity contribution in [3.8, 4) is 5.75 Å². The lowest BCUT2D eigenvalue weighted by atomic mass is 9.96. The topological polar surface area (TPSA) is 85.7 Å². The summed E-state index contributed by atoms with van der Waals surface area (Å²) in [6.07, 6.45) is 8.74. The third-order valence-corrected chi connectivity index (χ3v) is 6.26. The molecule has 2 aromatic rings. The zero-order valence-electron chi connectivity index (χ0n) is 18.8. The number of nitrogens with one attached hydrogen (secondary N) is 1. The molecule has 8 nitrogen and oxygen atoms in total. The van der Waals surface area contributed by atoms with Crippen LogP contribution < -0.4 is 10.1 Å². The zero-order valence-corrected chi connectivity index (χ0v) is 18.8. The van der Waals surface area contributed by atoms with E-state index < -0.39 is 0 Å². The van der Waals surface area contributed by atoms with Gasteiger partial charge in [-0.05, 0) is 63.3 Å². The summed E-state index contributed by atoms with van der Waals surface area (Å²) in [6, 6.07) is 7.22. The van der Waals surface area contributed by atoms with Gasteiger partial charge < -0.3 is 24.3 Å². The summed E-state index contributed by atoms with van der Waals surface area (Å²) < 4.78 is 13.5. The molecule has 8 heteroatoms. The van der Waals surface area contributed by atoms with Crippen molar-refractivity contribution in [2.75, 3.05) is 19.7 Å². The fraction of sp³-hybridized carbons (Fsp3) is 0.542. The summed E-state index contributed by atoms with van der Waals surface area (Å²) >= 11 is 0. The van der Waals surface area contributed by atoms with Gasteiger partial charge in [0.05, 0.1) is 6.10 Å². The number of ether oxygens (including phenoxy) is 2. The number of rotatable bonds is 8. The van der Waals surface area contributed by atoms with Gasteiger partial charge in [0.25, 0.3) is 5.91 Å². The first kappa shape index (κ1) is 22.3. The van der Waals surface area contributed by atoms with E-state index in [4.69, 9.17) is 9.47 Å². The molecule has 1 saturated heterocycles. The van der Waals surface area contributed by atoms with E-state index in [-0.39, 0.29) is 30.6 Å². The smallest absolute Gasteiger partial charge is 0.251 e. The normalized spacial score (nSPS) is 19.8. The van der Waals surface area contributed by atoms with Crippen LogP contribution in [0.2, 0.25) is 0 Å². The van der Waals surface area contributed by atoms with Crippen LogP contribution in [0.25, 0.3) is 0 Å². The van der Waals surface area contributed by atoms with Crippen molar-refractivity contribution in [1.82, 2.24) is 19.8 Å². The van der Waals surface area contributed by atoms with Crippen molar-refractivity contribution in [1.29, 1.82) is 0 Å². The third-order valence-electron chi connectivity index (χ3n) is 6.26. The molecule has 1 aromatic carbocycles. The third kappa shape index (κ3) is 5.48. The highest BCUT2D eigenvalue weighted by Crippen LogP contribution is 2.25. The molecule has 4 rings (SSSR count). The Morgan fingerprint density at radius 3 is 2.62 bits per heavy atom. The van der Waals surface area contributed by atoms with Crippen LogP contribution in [0.3, 0.4) is 0 Å². The Morgan fingerprint density at radius 1 is 1.19 bits per heavy atom. The molecule has 1 aliphatic carbocycles. The van der Waals surface area contributed by atoms with Gasteiger partial charge in [0.15, 0.2) is 0 Å². The summed E-state index contributed by atoms with van der Waals surface area (Å²) in [5.41, 5.74) is 0.599. The fourth-order valence-electron chi connectivity index (χ4n) is 4.09. The maximum Gasteiger partial charge on any atom is 0.251 e. The van der Waals surface area contributed by atoms with Crippen molar-refractivity contribution < 1.29 is 19.1 Å². The zero-order chi connectivity index (χ0) is 22.5. The highest BCUT2D eigenvalue weighted by Gasteiger charge is 2.26. The maximum atomic E-state index is 12.7. The van der Waals surface area contributed by atoms with E-state index in [0.29, 0.717) is 24.8 Å². The number of aromatic nitrogens is 2. The van der Waals surface area contributed by atoms with E-state index in [1.165, 1.54) is 6.42 Å². The quantitative estimate of drug-likeness (QED) is 0.682. The molecule has 1 aliphatic heterocycles. The molecule has 0 spiro atoms. The first-order valence-electron chi connectivity index (χ1n) is 11.4. The van der Waals surface area contributed by atoms with Crippen LogP contribution in [-0.4, -0.2) is 58.1 Å². The number of amides is 2. The van der Waals surface area contributed by atoms with Gasteiger partial charge in [0.1, 0.15) is 24.3 Å². The number of imidazole rings is 1. The lowest BCUT2D eigenvalue weighted by Gasteiger charge is -2.33. The van der Waals surface area contributed by atoms with E-state index in [9.17, 15) is 9.59 Å². The lowest BCUT2D eigenvalue weighted by Crippen LogP contribution is -2.50. The molecule has 2 amide bonds. The number of likely N-dealkylation sites (tertiary alicyclic amines) is 1. The molecule has 1 saturated carbocycles. The first-order valence-corrected chi connectivity index (χ1v) is 11.4. The van der Waals surface area contributed by atoms with E-state index >= 15 is 0 Å². The van der Waals surface area contributed by atoms with Crippen LogP contribution in [-0.2, 0) is 16.6 Å². The van der Waals surface area contributed by atoms with Gasteiger partial charge in [-0.3, -0.25) is 9.59 Å². The Labute approximate surface area is 188 Å². The van der Waals surface area contributed by atoms with Gasteiger partial charge in [-0.2, -0.15) is 0 Å². The standard InChI is InChI=1S/C24H32N4O4/c1-17(23-25-12-14-27(23)2)31-16-22(29)28-13-4-5-19(15-28)26-24(30)18-8-10-21(11-9-18)32-20-6-3-7-20/h8-12,14,17,19-20H,3-7,13,15-16H2,1-2H3,(H,26,30). The molecule has 0 bridgehead atoms. The fourth-order valence-corrected chi connectivity index (χ4v) is 4.09. The van der Waals surface area contributed by atoms with Crippen LogP contribution in [0.5, 0.6) is 5.75 Å². The Hall–Kier alpha value is -2.87. The Morgan fingerprint density at radius 2 is 1.97 bits per heavy atom. The number of hydrogen-bond donors (Lipinski definition) is 1. The second-order valence-electron chi connectivity index (χ2n) is 8.70. The molecule has 32 heavy (non-hydrogen) atoms. The van der Waals surface area contributed by atoms with Crippen LogP contribution >= 0.6 is 0 Å². The van der Waals surface area contributed by atoms with E-state index in [2.05, 4.69) is 10.3 Å². The summed E-state index contributed by atoms with van der Waals surface area (Å²) in [5, 5.41) is 3.07. The lowest BCUT2D eigenvalue weighted by molar-refractivity contribution is -0.139. The maximum absolute atomic E-state index is 12.7. The molecule has 2 heterocycles. The Kier molecular flexibility index (Phi) is 7.09. The van der Waals surface area contributed by atoms with Gasteiger partial charge in [-0.1, -0.05) is 0 Å². The molecule has 2 aliphatic rings. The van der Waals surface area contributed by atoms with Crippen molar-refractivity contribution in [3.63, 3.8) is 0 Å². The average molecular weight is 441 g/mol. The van der Waals surface area contributed by atoms with E-state index in [0.717, 1.165) is 37.3 Å². The number of carbonyl (C=O) groups excluding carboxylic acids is 2. The van der Waals surface area contributed by atoms with Gasteiger partial charge in [0, 0.05) is 44.1 Å². The minimum absolute atomic E-state index is 0.00283. The number of piperidine rings is 1. The van der Waals surface area contributed by atoms with E-state index in [1.807, 2.05) is 36.9 Å². The van der Waals surface area contributed by atoms with Gasteiger partial charge in [-0.25, -0.2) is 4.98 Å². The average Bonchev–Trinajstić information content (AvgIpc) is 3.21. The number of nitrogens with zero attached hydrogens (tertiary/aromatic N) is 3. The molecule has 172 valence electrons. The minimum Gasteiger partial charge on any atom is -0.490 e. The molecular weight excluding hydrogens is 408 g/mol. The van der Waals surface area contributed by atoms with Gasteiger partial charge in [-0.15, -0.1) is 0 Å². The molecule has 1 N–H and O–H groups in total. The Bertz CT molecular complexity index is 922. The summed E-state index contributed by atoms with van der Waals surface area (Å²) in [4.78, 5) is 31.4. The second kappa shape index (κ2) is 10.2. The van der Waals surface area contributed by atoms with Crippen molar-refractivity contribution in [2.24, 2.45) is 7.05 Å². The molecule has 1 aromatic heterocycles. The van der Waals surface area contributed by atoms with Crippen molar-refractivity contribution in [2.45, 2.75) is 57.3 Å². The van der Waals surface area contributed by atoms with Gasteiger partial charge >= 0.3 is 0 Å². The van der Waals surface area contributed by atoms with Crippen LogP contribution in [0.15, 0.2) is 36.7 Å². The van der Waals surface area contributed by atoms with Crippen LogP contribution in [0.1, 0.15) is 61.3 Å². The van der Waals surface area contributed by atoms with Crippen LogP contribution in [0, 0.1) is 0 Å². The summed E-state index contributed by atoms with van der Waals surface area (Å²) in [5.74, 6) is 1.40. The van der Waals surface area contributed by atoms with Crippen molar-refractivity contribution >= 4 is 11.8 Å². The Balaban J connectivity index is 1.24. The largest absolute Gasteiger partial charge is 0.490 e. The predicted molar refractivity (Wildman–Crippen MR) is 119 cm³/mol. The minimum atomic E-state index is -0.268. The summed E-state index contributed by atoms with van der Waals surface area (Å²) in [6.45, 7) is 3.06. The monoisotopic (exact) mass is 440 g/mol. The van der Waals surface area contributed by atoms with Crippen molar-refractivity contribution in [3.05, 3.63) is 48.0 Å². The number of hydrogen-bond acceptors (Lipinski definition) is 5. The first-order chi connectivity index (χ1) is 15.5. The highest BCUT2D eigenvalue weighted by molar-refractivity contribution is 5.94. The molecular formula is C24H32N4O4. The molecule has 2 atom stereocenters. The second-order valence-corrected chi connectivity index (χ2v) is 8.70. The molecule has 0 radical (unpaired) electrons. The number of benzene rings is 1. The van der Waals surface area contributed by atoms with Crippen LogP contribution in [0.4, 0.5) is 0 Å². The highest BCUT2D eigenvalue weighted by atomic mass is 16.5. The van der Waals surface area contributed by atoms with E-state index in [1.54, 1.807) is 23.2 Å². The predicted octanol–water partition coefficient (Wildman–Crippen LogP) is 2.85.